The lowest BCUT2D eigenvalue weighted by Crippen LogP contribution is -2.48. The molecule has 0 atom stereocenters. The average molecular weight is 306 g/mol. The summed E-state index contributed by atoms with van der Waals surface area (Å²) in [7, 11) is 0. The maximum absolute atomic E-state index is 11.6. The molecule has 0 N–H and O–H groups in total. The van der Waals surface area contributed by atoms with Gasteiger partial charge in [-0.2, -0.15) is 16.3 Å². The maximum Gasteiger partial charge on any atom is 0.241 e. The minimum Gasteiger partial charge on any atom is -0.340 e. The summed E-state index contributed by atoms with van der Waals surface area (Å²) in [6, 6.07) is 1.98. The molecule has 0 aromatic carbocycles. The van der Waals surface area contributed by atoms with Crippen molar-refractivity contribution in [2.45, 2.75) is 19.9 Å². The zero-order valence-corrected chi connectivity index (χ0v) is 12.8. The molecule has 3 rings (SSSR count). The molecule has 0 unspecified atom stereocenters. The van der Waals surface area contributed by atoms with Gasteiger partial charge in [0.25, 0.3) is 0 Å². The van der Waals surface area contributed by atoms with Crippen LogP contribution in [0, 0.1) is 0 Å². The molecule has 1 fully saturated rings. The van der Waals surface area contributed by atoms with Crippen molar-refractivity contribution >= 4 is 17.2 Å². The van der Waals surface area contributed by atoms with E-state index in [-0.39, 0.29) is 5.91 Å². The summed E-state index contributed by atoms with van der Waals surface area (Å²) >= 11 is 1.61. The lowest BCUT2D eigenvalue weighted by atomic mass is 10.3. The Morgan fingerprint density at radius 3 is 2.86 bits per heavy atom. The number of carbonyl (C=O) groups is 1. The number of piperazine rings is 1. The third-order valence-corrected chi connectivity index (χ3v) is 4.32. The van der Waals surface area contributed by atoms with Crippen molar-refractivity contribution in [3.05, 3.63) is 22.7 Å². The van der Waals surface area contributed by atoms with Gasteiger partial charge in [0.1, 0.15) is 0 Å². The zero-order chi connectivity index (χ0) is 14.7. The molecule has 2 aromatic rings. The average Bonchev–Trinajstić information content (AvgIpc) is 3.18. The molecule has 3 heterocycles. The highest BCUT2D eigenvalue weighted by Crippen LogP contribution is 2.19. The van der Waals surface area contributed by atoms with Gasteiger partial charge in [0, 0.05) is 43.5 Å². The van der Waals surface area contributed by atoms with E-state index in [9.17, 15) is 4.79 Å². The van der Waals surface area contributed by atoms with Crippen LogP contribution in [0.1, 0.15) is 19.2 Å². The summed E-state index contributed by atoms with van der Waals surface area (Å²) in [5, 5.41) is 8.01. The fourth-order valence-corrected chi connectivity index (χ4v) is 3.03. The summed E-state index contributed by atoms with van der Waals surface area (Å²) in [6.45, 7) is 5.80. The molecule has 1 saturated heterocycles. The molecule has 112 valence electrons. The Balaban J connectivity index is 1.55. The molecule has 0 bridgehead atoms. The van der Waals surface area contributed by atoms with E-state index < -0.39 is 0 Å². The summed E-state index contributed by atoms with van der Waals surface area (Å²) < 4.78 is 5.31. The molecule has 0 spiro atoms. The van der Waals surface area contributed by atoms with Crippen molar-refractivity contribution in [3.8, 4) is 11.4 Å². The Hall–Kier alpha value is -1.73. The van der Waals surface area contributed by atoms with Crippen molar-refractivity contribution in [1.29, 1.82) is 0 Å². The van der Waals surface area contributed by atoms with Gasteiger partial charge in [-0.25, -0.2) is 0 Å². The van der Waals surface area contributed by atoms with E-state index in [1.165, 1.54) is 0 Å². The van der Waals surface area contributed by atoms with E-state index in [0.29, 0.717) is 24.7 Å². The number of carbonyl (C=O) groups excluding carboxylic acids is 1. The highest BCUT2D eigenvalue weighted by atomic mass is 32.1. The summed E-state index contributed by atoms with van der Waals surface area (Å²) in [4.78, 5) is 20.2. The van der Waals surface area contributed by atoms with E-state index in [4.69, 9.17) is 4.52 Å². The monoisotopic (exact) mass is 306 g/mol. The number of rotatable bonds is 4. The fraction of sp³-hybridized carbons (Fsp3) is 0.500. The molecule has 2 aromatic heterocycles. The highest BCUT2D eigenvalue weighted by Gasteiger charge is 2.21. The van der Waals surface area contributed by atoms with Crippen molar-refractivity contribution in [1.82, 2.24) is 19.9 Å². The minimum atomic E-state index is 0.229. The summed E-state index contributed by atoms with van der Waals surface area (Å²) in [5.74, 6) is 1.50. The molecule has 7 heteroatoms. The third-order valence-electron chi connectivity index (χ3n) is 3.63. The van der Waals surface area contributed by atoms with Crippen LogP contribution >= 0.6 is 11.3 Å². The first-order valence-corrected chi connectivity index (χ1v) is 8.06. The Labute approximate surface area is 127 Å². The number of hydrogen-bond acceptors (Lipinski definition) is 6. The second-order valence-corrected chi connectivity index (χ2v) is 5.81. The molecule has 0 saturated carbocycles. The molecule has 1 amide bonds. The molecular weight excluding hydrogens is 288 g/mol. The van der Waals surface area contributed by atoms with Crippen molar-refractivity contribution < 1.29 is 9.32 Å². The second kappa shape index (κ2) is 6.36. The van der Waals surface area contributed by atoms with Gasteiger partial charge in [-0.3, -0.25) is 9.69 Å². The molecular formula is C14H18N4O2S. The number of nitrogens with zero attached hydrogens (tertiary/aromatic N) is 4. The van der Waals surface area contributed by atoms with Crippen LogP contribution in [0.3, 0.4) is 0 Å². The Kier molecular flexibility index (Phi) is 4.31. The van der Waals surface area contributed by atoms with Gasteiger partial charge in [0.15, 0.2) is 0 Å². The standard InChI is InChI=1S/C14H18N4O2S/c1-2-13(19)18-6-4-17(5-7-18)9-12-15-14(16-20-12)11-3-8-21-10-11/h3,8,10H,2,4-7,9H2,1H3. The lowest BCUT2D eigenvalue weighted by molar-refractivity contribution is -0.132. The van der Waals surface area contributed by atoms with Gasteiger partial charge in [-0.15, -0.1) is 0 Å². The van der Waals surface area contributed by atoms with E-state index in [0.717, 1.165) is 31.7 Å². The zero-order valence-electron chi connectivity index (χ0n) is 12.0. The molecule has 0 aliphatic carbocycles. The fourth-order valence-electron chi connectivity index (χ4n) is 2.40. The number of aromatic nitrogens is 2. The first-order chi connectivity index (χ1) is 10.3. The lowest BCUT2D eigenvalue weighted by Gasteiger charge is -2.33. The minimum absolute atomic E-state index is 0.229. The van der Waals surface area contributed by atoms with Crippen molar-refractivity contribution in [2.24, 2.45) is 0 Å². The largest absolute Gasteiger partial charge is 0.340 e. The van der Waals surface area contributed by atoms with Gasteiger partial charge < -0.3 is 9.42 Å². The topological polar surface area (TPSA) is 62.5 Å². The Bertz CT molecular complexity index is 588. The summed E-state index contributed by atoms with van der Waals surface area (Å²) in [5.41, 5.74) is 0.994. The number of hydrogen-bond donors (Lipinski definition) is 0. The first kappa shape index (κ1) is 14.2. The number of thiophene rings is 1. The van der Waals surface area contributed by atoms with Crippen molar-refractivity contribution in [3.63, 3.8) is 0 Å². The van der Waals surface area contributed by atoms with Crippen LogP contribution in [0.15, 0.2) is 21.3 Å². The van der Waals surface area contributed by atoms with Crippen LogP contribution in [0.4, 0.5) is 0 Å². The third kappa shape index (κ3) is 3.30. The van der Waals surface area contributed by atoms with Gasteiger partial charge in [0.2, 0.25) is 17.6 Å². The van der Waals surface area contributed by atoms with Gasteiger partial charge in [-0.05, 0) is 11.4 Å². The van der Waals surface area contributed by atoms with E-state index in [1.54, 1.807) is 11.3 Å². The van der Waals surface area contributed by atoms with Gasteiger partial charge >= 0.3 is 0 Å². The molecule has 0 radical (unpaired) electrons. The van der Waals surface area contributed by atoms with E-state index >= 15 is 0 Å². The molecule has 1 aliphatic heterocycles. The smallest absolute Gasteiger partial charge is 0.241 e. The SMILES string of the molecule is CCC(=O)N1CCN(Cc2nc(-c3ccsc3)no2)CC1. The molecule has 1 aliphatic rings. The van der Waals surface area contributed by atoms with Gasteiger partial charge in [0.05, 0.1) is 6.54 Å². The van der Waals surface area contributed by atoms with Crippen LogP contribution < -0.4 is 0 Å². The predicted molar refractivity (Wildman–Crippen MR) is 79.8 cm³/mol. The van der Waals surface area contributed by atoms with Gasteiger partial charge in [-0.1, -0.05) is 12.1 Å². The molecule has 21 heavy (non-hydrogen) atoms. The van der Waals surface area contributed by atoms with Crippen LogP contribution in [0.5, 0.6) is 0 Å². The number of amides is 1. The summed E-state index contributed by atoms with van der Waals surface area (Å²) in [6.07, 6.45) is 0.577. The van der Waals surface area contributed by atoms with Crippen LogP contribution in [0.25, 0.3) is 11.4 Å². The van der Waals surface area contributed by atoms with Crippen LogP contribution in [-0.2, 0) is 11.3 Å². The van der Waals surface area contributed by atoms with Crippen LogP contribution in [-0.4, -0.2) is 52.0 Å². The Morgan fingerprint density at radius 1 is 1.38 bits per heavy atom. The quantitative estimate of drug-likeness (QED) is 0.862. The second-order valence-electron chi connectivity index (χ2n) is 5.03. The maximum atomic E-state index is 11.6. The Morgan fingerprint density at radius 2 is 2.19 bits per heavy atom. The van der Waals surface area contributed by atoms with Crippen molar-refractivity contribution in [2.75, 3.05) is 26.2 Å². The highest BCUT2D eigenvalue weighted by molar-refractivity contribution is 7.08. The normalized spacial score (nSPS) is 16.3. The van der Waals surface area contributed by atoms with E-state index in [1.807, 2.05) is 28.7 Å². The first-order valence-electron chi connectivity index (χ1n) is 7.11. The van der Waals surface area contributed by atoms with Crippen LogP contribution in [0.2, 0.25) is 0 Å². The molecule has 6 nitrogen and oxygen atoms in total. The van der Waals surface area contributed by atoms with E-state index in [2.05, 4.69) is 15.0 Å². The predicted octanol–water partition coefficient (Wildman–Crippen LogP) is 1.85.